The van der Waals surface area contributed by atoms with E-state index < -0.39 is 6.03 Å². The lowest BCUT2D eigenvalue weighted by Crippen LogP contribution is -2.33. The van der Waals surface area contributed by atoms with Crippen LogP contribution in [-0.4, -0.2) is 29.3 Å². The number of carbonyl (C=O) groups excluding carboxylic acids is 3. The highest BCUT2D eigenvalue weighted by molar-refractivity contribution is 6.22. The van der Waals surface area contributed by atoms with Crippen LogP contribution in [0.15, 0.2) is 72.8 Å². The Kier molecular flexibility index (Phi) is 5.64. The number of rotatable bonds is 5. The smallest absolute Gasteiger partial charge is 0.330 e. The molecule has 0 saturated carbocycles. The fraction of sp³-hybridized carbons (Fsp3) is 0.160. The molecule has 0 spiro atoms. The Hall–Kier alpha value is -4.13. The van der Waals surface area contributed by atoms with Crippen LogP contribution < -0.4 is 16.0 Å². The Morgan fingerprint density at radius 1 is 0.906 bits per heavy atom. The van der Waals surface area contributed by atoms with Crippen LogP contribution in [-0.2, 0) is 0 Å². The lowest BCUT2D eigenvalue weighted by molar-refractivity contribution is 0.0636. The highest BCUT2D eigenvalue weighted by Gasteiger charge is 2.36. The predicted molar refractivity (Wildman–Crippen MR) is 125 cm³/mol. The average Bonchev–Trinajstić information content (AvgIpc) is 3.00. The number of hydrogen-bond acceptors (Lipinski definition) is 4. The quantitative estimate of drug-likeness (QED) is 0.447. The Balaban J connectivity index is 1.63. The van der Waals surface area contributed by atoms with Gasteiger partial charge < -0.3 is 11.1 Å². The molecule has 3 aromatic carbocycles. The molecule has 1 heterocycles. The summed E-state index contributed by atoms with van der Waals surface area (Å²) in [6.45, 7) is 4.25. The number of anilines is 4. The van der Waals surface area contributed by atoms with Crippen molar-refractivity contribution in [1.82, 2.24) is 4.90 Å². The lowest BCUT2D eigenvalue weighted by atomic mass is 10.1. The molecule has 0 atom stereocenters. The van der Waals surface area contributed by atoms with E-state index in [0.717, 1.165) is 0 Å². The molecule has 1 aliphatic heterocycles. The van der Waals surface area contributed by atoms with E-state index in [0.29, 0.717) is 40.4 Å². The van der Waals surface area contributed by atoms with Crippen molar-refractivity contribution in [1.29, 1.82) is 0 Å². The van der Waals surface area contributed by atoms with Gasteiger partial charge in [-0.2, -0.15) is 0 Å². The second-order valence-electron chi connectivity index (χ2n) is 8.07. The van der Waals surface area contributed by atoms with Gasteiger partial charge in [-0.25, -0.2) is 4.79 Å². The summed E-state index contributed by atoms with van der Waals surface area (Å²) in [5.41, 5.74) is 8.78. The molecule has 1 aliphatic rings. The first-order valence-electron chi connectivity index (χ1n) is 10.4. The van der Waals surface area contributed by atoms with Crippen molar-refractivity contribution >= 4 is 40.6 Å². The van der Waals surface area contributed by atoms with Gasteiger partial charge in [0, 0.05) is 17.9 Å². The number of urea groups is 1. The minimum absolute atomic E-state index is 0.163. The van der Waals surface area contributed by atoms with Gasteiger partial charge in [-0.1, -0.05) is 32.0 Å². The van der Waals surface area contributed by atoms with E-state index in [9.17, 15) is 14.4 Å². The van der Waals surface area contributed by atoms with E-state index >= 15 is 0 Å². The third-order valence-electron chi connectivity index (χ3n) is 5.14. The largest absolute Gasteiger partial charge is 0.399 e. The summed E-state index contributed by atoms with van der Waals surface area (Å²) >= 11 is 0. The molecule has 0 fully saturated rings. The van der Waals surface area contributed by atoms with Gasteiger partial charge in [0.2, 0.25) is 0 Å². The maximum atomic E-state index is 13.3. The number of nitrogens with zero attached hydrogens (tertiary/aromatic N) is 2. The maximum Gasteiger partial charge on any atom is 0.330 e. The average molecular weight is 428 g/mol. The number of nitrogens with two attached hydrogens (primary N) is 1. The van der Waals surface area contributed by atoms with E-state index in [1.807, 2.05) is 44.2 Å². The van der Waals surface area contributed by atoms with Gasteiger partial charge in [-0.3, -0.25) is 19.4 Å². The summed E-state index contributed by atoms with van der Waals surface area (Å²) in [4.78, 5) is 41.4. The Labute approximate surface area is 186 Å². The molecule has 0 aromatic heterocycles. The van der Waals surface area contributed by atoms with Crippen molar-refractivity contribution in [2.75, 3.05) is 22.5 Å². The van der Waals surface area contributed by atoms with Gasteiger partial charge in [-0.15, -0.1) is 0 Å². The maximum absolute atomic E-state index is 13.3. The van der Waals surface area contributed by atoms with Crippen LogP contribution in [0, 0.1) is 5.92 Å². The Morgan fingerprint density at radius 3 is 2.19 bits per heavy atom. The van der Waals surface area contributed by atoms with Gasteiger partial charge >= 0.3 is 6.03 Å². The lowest BCUT2D eigenvalue weighted by Gasteiger charge is -2.23. The number of nitrogens with one attached hydrogen (secondary N) is 1. The summed E-state index contributed by atoms with van der Waals surface area (Å²) in [5, 5.41) is 2.85. The summed E-state index contributed by atoms with van der Waals surface area (Å²) in [7, 11) is 0. The van der Waals surface area contributed by atoms with Gasteiger partial charge in [0.05, 0.1) is 22.5 Å². The highest BCUT2D eigenvalue weighted by Crippen LogP contribution is 2.29. The van der Waals surface area contributed by atoms with Crippen LogP contribution in [0.1, 0.15) is 34.6 Å². The van der Waals surface area contributed by atoms with Crippen molar-refractivity contribution < 1.29 is 14.4 Å². The molecule has 0 radical (unpaired) electrons. The number of hydrogen-bond donors (Lipinski definition) is 2. The van der Waals surface area contributed by atoms with Gasteiger partial charge in [-0.05, 0) is 60.5 Å². The first-order chi connectivity index (χ1) is 15.3. The number of nitrogen functional groups attached to an aromatic ring is 1. The summed E-state index contributed by atoms with van der Waals surface area (Å²) in [6, 6.07) is 20.5. The number of imide groups is 1. The number of para-hydroxylation sites is 1. The molecule has 7 heteroatoms. The van der Waals surface area contributed by atoms with Gasteiger partial charge in [0.15, 0.2) is 0 Å². The minimum Gasteiger partial charge on any atom is -0.399 e. The normalized spacial score (nSPS) is 12.8. The third-order valence-corrected chi connectivity index (χ3v) is 5.14. The highest BCUT2D eigenvalue weighted by atomic mass is 16.2. The molecule has 162 valence electrons. The van der Waals surface area contributed by atoms with Crippen molar-refractivity contribution in [2.24, 2.45) is 5.92 Å². The van der Waals surface area contributed by atoms with Gasteiger partial charge in [0.1, 0.15) is 0 Å². The molecular formula is C25H24N4O3. The summed E-state index contributed by atoms with van der Waals surface area (Å²) in [5.74, 6) is -0.478. The van der Waals surface area contributed by atoms with Crippen LogP contribution in [0.4, 0.5) is 27.5 Å². The van der Waals surface area contributed by atoms with Crippen LogP contribution in [0.25, 0.3) is 0 Å². The molecule has 4 amide bonds. The molecule has 0 saturated heterocycles. The van der Waals surface area contributed by atoms with Gasteiger partial charge in [0.25, 0.3) is 11.8 Å². The van der Waals surface area contributed by atoms with E-state index in [1.54, 1.807) is 42.5 Å². The SMILES string of the molecule is CC(C)CN1C(=O)c2ccc(NC(=O)N(c3ccccc3)c3ccc(N)cc3)cc2C1=O. The van der Waals surface area contributed by atoms with E-state index in [4.69, 9.17) is 5.73 Å². The van der Waals surface area contributed by atoms with Crippen LogP contribution in [0.2, 0.25) is 0 Å². The molecule has 0 aliphatic carbocycles. The number of carbonyl (C=O) groups is 3. The molecular weight excluding hydrogens is 404 g/mol. The Morgan fingerprint density at radius 2 is 1.53 bits per heavy atom. The third kappa shape index (κ3) is 4.05. The van der Waals surface area contributed by atoms with E-state index in [2.05, 4.69) is 5.32 Å². The molecule has 7 nitrogen and oxygen atoms in total. The van der Waals surface area contributed by atoms with E-state index in [1.165, 1.54) is 9.80 Å². The van der Waals surface area contributed by atoms with Crippen LogP contribution in [0.3, 0.4) is 0 Å². The van der Waals surface area contributed by atoms with Crippen molar-refractivity contribution in [2.45, 2.75) is 13.8 Å². The monoisotopic (exact) mass is 428 g/mol. The first-order valence-corrected chi connectivity index (χ1v) is 10.4. The summed E-state index contributed by atoms with van der Waals surface area (Å²) < 4.78 is 0. The zero-order valence-corrected chi connectivity index (χ0v) is 17.9. The minimum atomic E-state index is -0.406. The van der Waals surface area contributed by atoms with Crippen molar-refractivity contribution in [3.05, 3.63) is 83.9 Å². The molecule has 32 heavy (non-hydrogen) atoms. The van der Waals surface area contributed by atoms with E-state index in [-0.39, 0.29) is 17.7 Å². The Bertz CT molecular complexity index is 1170. The topological polar surface area (TPSA) is 95.7 Å². The van der Waals surface area contributed by atoms with Crippen molar-refractivity contribution in [3.8, 4) is 0 Å². The number of amides is 4. The zero-order valence-electron chi connectivity index (χ0n) is 17.9. The molecule has 3 N–H and O–H groups in total. The second-order valence-corrected chi connectivity index (χ2v) is 8.07. The number of fused-ring (bicyclic) bond motifs is 1. The molecule has 4 rings (SSSR count). The van der Waals surface area contributed by atoms with Crippen LogP contribution in [0.5, 0.6) is 0 Å². The van der Waals surface area contributed by atoms with Crippen molar-refractivity contribution in [3.63, 3.8) is 0 Å². The second kappa shape index (κ2) is 8.55. The predicted octanol–water partition coefficient (Wildman–Crippen LogP) is 4.89. The first kappa shape index (κ1) is 21.1. The molecule has 0 unspecified atom stereocenters. The molecule has 0 bridgehead atoms. The van der Waals surface area contributed by atoms with Crippen LogP contribution >= 0.6 is 0 Å². The standard InChI is InChI=1S/C25H24N4O3/c1-16(2)15-28-23(30)21-13-10-18(14-22(21)24(28)31)27-25(32)29(19-6-4-3-5-7-19)20-11-8-17(26)9-12-20/h3-14,16H,15,26H2,1-2H3,(H,27,32). The summed E-state index contributed by atoms with van der Waals surface area (Å²) in [6.07, 6.45) is 0. The zero-order chi connectivity index (χ0) is 22.8. The fourth-order valence-electron chi connectivity index (χ4n) is 3.66. The number of benzene rings is 3. The fourth-order valence-corrected chi connectivity index (χ4v) is 3.66. The molecule has 3 aromatic rings.